The lowest BCUT2D eigenvalue weighted by Crippen LogP contribution is -2.46. The van der Waals surface area contributed by atoms with E-state index < -0.39 is 10.8 Å². The highest BCUT2D eigenvalue weighted by Gasteiger charge is 2.26. The molecule has 1 aromatic carbocycles. The third-order valence-corrected chi connectivity index (χ3v) is 6.58. The van der Waals surface area contributed by atoms with Gasteiger partial charge in [-0.05, 0) is 43.9 Å². The summed E-state index contributed by atoms with van der Waals surface area (Å²) in [6, 6.07) is 8.33. The molecule has 158 valence electrons. The van der Waals surface area contributed by atoms with E-state index in [-0.39, 0.29) is 0 Å². The number of guanidine groups is 1. The normalized spacial score (nSPS) is 21.2. The van der Waals surface area contributed by atoms with E-state index in [9.17, 15) is 4.21 Å². The zero-order chi connectivity index (χ0) is 20.2. The first kappa shape index (κ1) is 22.7. The molecule has 0 spiro atoms. The molecule has 1 fully saturated rings. The average Bonchev–Trinajstić information content (AvgIpc) is 2.72. The number of benzene rings is 1. The fourth-order valence-electron chi connectivity index (χ4n) is 3.41. The standard InChI is InChI=1S/C21H35N3O3S/c1-4-22-21(24-18-9-7-11-20(15-18)28(25)5-2)23-16-17-8-6-10-19(14-17)27-13-12-26-3/h6,8,10,14,18,20H,4-5,7,9,11-13,15-16H2,1-3H3,(H2,22,23,24). The first-order valence-corrected chi connectivity index (χ1v) is 11.7. The van der Waals surface area contributed by atoms with Crippen molar-refractivity contribution in [3.05, 3.63) is 29.8 Å². The molecule has 6 nitrogen and oxygen atoms in total. The molecule has 0 aliphatic heterocycles. The van der Waals surface area contributed by atoms with Crippen molar-refractivity contribution in [2.75, 3.05) is 32.6 Å². The van der Waals surface area contributed by atoms with E-state index in [0.717, 1.165) is 55.3 Å². The van der Waals surface area contributed by atoms with Gasteiger partial charge in [-0.25, -0.2) is 4.99 Å². The molecule has 1 aliphatic carbocycles. The van der Waals surface area contributed by atoms with Crippen LogP contribution < -0.4 is 15.4 Å². The van der Waals surface area contributed by atoms with E-state index in [1.807, 2.05) is 25.1 Å². The van der Waals surface area contributed by atoms with E-state index in [4.69, 9.17) is 14.5 Å². The van der Waals surface area contributed by atoms with E-state index in [1.54, 1.807) is 7.11 Å². The molecule has 3 atom stereocenters. The van der Waals surface area contributed by atoms with Gasteiger partial charge in [0.25, 0.3) is 0 Å². The molecule has 28 heavy (non-hydrogen) atoms. The number of rotatable bonds is 10. The molecule has 1 aliphatic rings. The van der Waals surface area contributed by atoms with Crippen LogP contribution >= 0.6 is 0 Å². The van der Waals surface area contributed by atoms with Gasteiger partial charge in [0.1, 0.15) is 12.4 Å². The fraction of sp³-hybridized carbons (Fsp3) is 0.667. The van der Waals surface area contributed by atoms with Gasteiger partial charge < -0.3 is 20.1 Å². The second kappa shape index (κ2) is 12.8. The van der Waals surface area contributed by atoms with Gasteiger partial charge in [-0.1, -0.05) is 25.5 Å². The number of nitrogens with zero attached hydrogens (tertiary/aromatic N) is 1. The van der Waals surface area contributed by atoms with Crippen molar-refractivity contribution in [2.24, 2.45) is 4.99 Å². The summed E-state index contributed by atoms with van der Waals surface area (Å²) in [7, 11) is 0.949. The lowest BCUT2D eigenvalue weighted by Gasteiger charge is -2.30. The Bertz CT molecular complexity index is 639. The minimum absolute atomic E-state index is 0.306. The molecule has 0 amide bonds. The van der Waals surface area contributed by atoms with Crippen molar-refractivity contribution < 1.29 is 13.7 Å². The Kier molecular flexibility index (Phi) is 10.4. The van der Waals surface area contributed by atoms with Crippen molar-refractivity contribution in [3.63, 3.8) is 0 Å². The van der Waals surface area contributed by atoms with Crippen molar-refractivity contribution in [3.8, 4) is 5.75 Å². The molecular formula is C21H35N3O3S. The van der Waals surface area contributed by atoms with Crippen LogP contribution in [0.25, 0.3) is 0 Å². The van der Waals surface area contributed by atoms with Gasteiger partial charge in [0, 0.05) is 41.5 Å². The maximum atomic E-state index is 12.2. The molecule has 0 bridgehead atoms. The van der Waals surface area contributed by atoms with Gasteiger partial charge in [0.05, 0.1) is 13.2 Å². The zero-order valence-corrected chi connectivity index (χ0v) is 18.2. The van der Waals surface area contributed by atoms with Crippen molar-refractivity contribution >= 4 is 16.8 Å². The van der Waals surface area contributed by atoms with Gasteiger partial charge in [-0.3, -0.25) is 4.21 Å². The fourth-order valence-corrected chi connectivity index (χ4v) is 4.76. The first-order chi connectivity index (χ1) is 13.7. The highest BCUT2D eigenvalue weighted by molar-refractivity contribution is 7.85. The maximum Gasteiger partial charge on any atom is 0.191 e. The number of methoxy groups -OCH3 is 1. The third-order valence-electron chi connectivity index (χ3n) is 4.84. The lowest BCUT2D eigenvalue weighted by atomic mass is 9.95. The maximum absolute atomic E-state index is 12.2. The van der Waals surface area contributed by atoms with E-state index in [2.05, 4.69) is 23.6 Å². The van der Waals surface area contributed by atoms with Crippen LogP contribution in [0.3, 0.4) is 0 Å². The van der Waals surface area contributed by atoms with E-state index in [0.29, 0.717) is 31.1 Å². The summed E-state index contributed by atoms with van der Waals surface area (Å²) in [6.45, 7) is 6.57. The Labute approximate surface area is 171 Å². The molecule has 1 aromatic rings. The molecule has 0 heterocycles. The summed E-state index contributed by atoms with van der Waals surface area (Å²) >= 11 is 0. The lowest BCUT2D eigenvalue weighted by molar-refractivity contribution is 0.146. The summed E-state index contributed by atoms with van der Waals surface area (Å²) in [5.41, 5.74) is 1.10. The van der Waals surface area contributed by atoms with Crippen molar-refractivity contribution in [1.82, 2.24) is 10.6 Å². The van der Waals surface area contributed by atoms with E-state index in [1.165, 1.54) is 0 Å². The SMILES string of the molecule is CCNC(=NCc1cccc(OCCOC)c1)NC1CCCC(S(=O)CC)C1. The monoisotopic (exact) mass is 409 g/mol. The quantitative estimate of drug-likeness (QED) is 0.353. The summed E-state index contributed by atoms with van der Waals surface area (Å²) in [5, 5.41) is 7.18. The second-order valence-corrected chi connectivity index (χ2v) is 8.99. The Morgan fingerprint density at radius 1 is 1.29 bits per heavy atom. The van der Waals surface area contributed by atoms with Crippen molar-refractivity contribution in [1.29, 1.82) is 0 Å². The number of hydrogen-bond acceptors (Lipinski definition) is 4. The summed E-state index contributed by atoms with van der Waals surface area (Å²) < 4.78 is 22.9. The topological polar surface area (TPSA) is 72.0 Å². The molecule has 0 aromatic heterocycles. The van der Waals surface area contributed by atoms with Crippen LogP contribution in [0.5, 0.6) is 5.75 Å². The Morgan fingerprint density at radius 3 is 2.89 bits per heavy atom. The minimum Gasteiger partial charge on any atom is -0.491 e. The Morgan fingerprint density at radius 2 is 2.14 bits per heavy atom. The van der Waals surface area contributed by atoms with Gasteiger partial charge >= 0.3 is 0 Å². The van der Waals surface area contributed by atoms with Gasteiger partial charge in [-0.2, -0.15) is 0 Å². The van der Waals surface area contributed by atoms with Crippen LogP contribution in [0.1, 0.15) is 45.1 Å². The van der Waals surface area contributed by atoms with Crippen LogP contribution in [0.4, 0.5) is 0 Å². The van der Waals surface area contributed by atoms with Crippen LogP contribution in [-0.4, -0.2) is 54.1 Å². The largest absolute Gasteiger partial charge is 0.491 e. The molecular weight excluding hydrogens is 374 g/mol. The number of ether oxygens (including phenoxy) is 2. The molecule has 2 rings (SSSR count). The molecule has 7 heteroatoms. The smallest absolute Gasteiger partial charge is 0.191 e. The zero-order valence-electron chi connectivity index (χ0n) is 17.4. The van der Waals surface area contributed by atoms with Crippen LogP contribution in [0.15, 0.2) is 29.3 Å². The number of aliphatic imine (C=N–C) groups is 1. The van der Waals surface area contributed by atoms with Gasteiger partial charge in [-0.15, -0.1) is 0 Å². The van der Waals surface area contributed by atoms with Gasteiger partial charge in [0.2, 0.25) is 0 Å². The molecule has 1 saturated carbocycles. The summed E-state index contributed by atoms with van der Waals surface area (Å²) in [4.78, 5) is 4.74. The van der Waals surface area contributed by atoms with Crippen LogP contribution in [0.2, 0.25) is 0 Å². The predicted octanol–water partition coefficient (Wildman–Crippen LogP) is 2.85. The highest BCUT2D eigenvalue weighted by atomic mass is 32.2. The average molecular weight is 410 g/mol. The number of hydrogen-bond donors (Lipinski definition) is 2. The van der Waals surface area contributed by atoms with Crippen LogP contribution in [-0.2, 0) is 22.1 Å². The van der Waals surface area contributed by atoms with Crippen molar-refractivity contribution in [2.45, 2.75) is 57.4 Å². The molecule has 3 unspecified atom stereocenters. The summed E-state index contributed by atoms with van der Waals surface area (Å²) in [6.07, 6.45) is 4.24. The molecule has 2 N–H and O–H groups in total. The van der Waals surface area contributed by atoms with E-state index >= 15 is 0 Å². The third kappa shape index (κ3) is 7.80. The first-order valence-electron chi connectivity index (χ1n) is 10.3. The Hall–Kier alpha value is -1.60. The molecule has 0 radical (unpaired) electrons. The van der Waals surface area contributed by atoms with Gasteiger partial charge in [0.15, 0.2) is 5.96 Å². The molecule has 0 saturated heterocycles. The van der Waals surface area contributed by atoms with Crippen LogP contribution in [0, 0.1) is 0 Å². The summed E-state index contributed by atoms with van der Waals surface area (Å²) in [5.74, 6) is 2.40. The highest BCUT2D eigenvalue weighted by Crippen LogP contribution is 2.23. The predicted molar refractivity (Wildman–Crippen MR) is 116 cm³/mol. The second-order valence-electron chi connectivity index (χ2n) is 6.98. The Balaban J connectivity index is 1.94. The number of nitrogens with one attached hydrogen (secondary N) is 2. The minimum atomic E-state index is -0.716.